The van der Waals surface area contributed by atoms with E-state index in [2.05, 4.69) is 0 Å². The van der Waals surface area contributed by atoms with Crippen molar-refractivity contribution in [2.45, 2.75) is 6.42 Å². The smallest absolute Gasteiger partial charge is 0.336 e. The third-order valence-corrected chi connectivity index (χ3v) is 3.02. The first-order valence-electron chi connectivity index (χ1n) is 6.17. The second-order valence-corrected chi connectivity index (χ2v) is 4.45. The summed E-state index contributed by atoms with van der Waals surface area (Å²) in [5.74, 6) is -2.51. The Bertz CT molecular complexity index is 701. The highest BCUT2D eigenvalue weighted by atomic mass is 16.4. The maximum absolute atomic E-state index is 12.2. The van der Waals surface area contributed by atoms with E-state index in [4.69, 9.17) is 10.2 Å². The van der Waals surface area contributed by atoms with Crippen LogP contribution in [0.3, 0.4) is 0 Å². The second-order valence-electron chi connectivity index (χ2n) is 4.45. The summed E-state index contributed by atoms with van der Waals surface area (Å²) in [6.45, 7) is 0. The molecule has 2 aromatic carbocycles. The lowest BCUT2D eigenvalue weighted by Gasteiger charge is -2.05. The molecule has 5 nitrogen and oxygen atoms in total. The topological polar surface area (TPSA) is 91.7 Å². The van der Waals surface area contributed by atoms with E-state index in [1.54, 1.807) is 24.3 Å². The molecule has 0 heterocycles. The van der Waals surface area contributed by atoms with E-state index in [1.807, 2.05) is 0 Å². The summed E-state index contributed by atoms with van der Waals surface area (Å²) in [5, 5.41) is 17.9. The molecule has 0 spiro atoms. The molecule has 21 heavy (non-hydrogen) atoms. The van der Waals surface area contributed by atoms with Gasteiger partial charge in [-0.2, -0.15) is 0 Å². The molecule has 0 saturated carbocycles. The van der Waals surface area contributed by atoms with Gasteiger partial charge < -0.3 is 10.2 Å². The largest absolute Gasteiger partial charge is 0.478 e. The van der Waals surface area contributed by atoms with E-state index < -0.39 is 11.9 Å². The molecule has 0 aromatic heterocycles. The van der Waals surface area contributed by atoms with Crippen LogP contribution in [0.1, 0.15) is 36.6 Å². The highest BCUT2D eigenvalue weighted by molar-refractivity contribution is 6.06. The van der Waals surface area contributed by atoms with Gasteiger partial charge >= 0.3 is 11.9 Å². The summed E-state index contributed by atoms with van der Waals surface area (Å²) >= 11 is 0. The minimum Gasteiger partial charge on any atom is -0.478 e. The van der Waals surface area contributed by atoms with Gasteiger partial charge in [-0.1, -0.05) is 30.3 Å². The van der Waals surface area contributed by atoms with Gasteiger partial charge in [0, 0.05) is 12.0 Å². The maximum atomic E-state index is 12.2. The normalized spacial score (nSPS) is 10.1. The quantitative estimate of drug-likeness (QED) is 0.823. The van der Waals surface area contributed by atoms with Crippen LogP contribution in [0, 0.1) is 0 Å². The van der Waals surface area contributed by atoms with Gasteiger partial charge in [-0.05, 0) is 23.8 Å². The molecule has 2 aromatic rings. The molecule has 0 amide bonds. The summed E-state index contributed by atoms with van der Waals surface area (Å²) in [7, 11) is 0. The van der Waals surface area contributed by atoms with E-state index in [0.29, 0.717) is 5.56 Å². The van der Waals surface area contributed by atoms with E-state index in [1.165, 1.54) is 24.3 Å². The van der Waals surface area contributed by atoms with Crippen molar-refractivity contribution in [1.29, 1.82) is 0 Å². The maximum Gasteiger partial charge on any atom is 0.336 e. The molecule has 0 saturated heterocycles. The molecule has 2 N–H and O–H groups in total. The molecule has 5 heteroatoms. The van der Waals surface area contributed by atoms with Crippen molar-refractivity contribution < 1.29 is 24.6 Å². The van der Waals surface area contributed by atoms with Crippen LogP contribution in [0.4, 0.5) is 0 Å². The van der Waals surface area contributed by atoms with Crippen molar-refractivity contribution in [1.82, 2.24) is 0 Å². The molecule has 0 atom stereocenters. The molecule has 0 unspecified atom stereocenters. The van der Waals surface area contributed by atoms with Crippen LogP contribution < -0.4 is 0 Å². The first-order valence-corrected chi connectivity index (χ1v) is 6.17. The Kier molecular flexibility index (Phi) is 4.13. The Morgan fingerprint density at radius 2 is 1.33 bits per heavy atom. The molecule has 106 valence electrons. The van der Waals surface area contributed by atoms with Crippen LogP contribution in [-0.2, 0) is 6.42 Å². The molecule has 0 aliphatic carbocycles. The lowest BCUT2D eigenvalue weighted by atomic mass is 9.98. The second kappa shape index (κ2) is 6.00. The van der Waals surface area contributed by atoms with Crippen molar-refractivity contribution in [3.05, 3.63) is 70.8 Å². The fourth-order valence-corrected chi connectivity index (χ4v) is 1.96. The number of carboxylic acids is 2. The van der Waals surface area contributed by atoms with E-state index in [0.717, 1.165) is 0 Å². The third kappa shape index (κ3) is 3.33. The van der Waals surface area contributed by atoms with Crippen LogP contribution in [0.5, 0.6) is 0 Å². The highest BCUT2D eigenvalue weighted by Gasteiger charge is 2.16. The van der Waals surface area contributed by atoms with Crippen molar-refractivity contribution in [3.63, 3.8) is 0 Å². The van der Waals surface area contributed by atoms with Crippen LogP contribution in [0.25, 0.3) is 0 Å². The first kappa shape index (κ1) is 14.5. The number of ketones is 1. The van der Waals surface area contributed by atoms with Crippen molar-refractivity contribution >= 4 is 17.7 Å². The fourth-order valence-electron chi connectivity index (χ4n) is 1.96. The SMILES string of the molecule is O=C(O)c1ccc(CC(=O)c2ccccc2C(=O)O)cc1. The summed E-state index contributed by atoms with van der Waals surface area (Å²) in [6.07, 6.45) is 0.0180. The third-order valence-electron chi connectivity index (χ3n) is 3.02. The van der Waals surface area contributed by atoms with Crippen LogP contribution in [0.2, 0.25) is 0 Å². The number of carboxylic acid groups (broad SMARTS) is 2. The Morgan fingerprint density at radius 3 is 1.86 bits per heavy atom. The van der Waals surface area contributed by atoms with Crippen LogP contribution >= 0.6 is 0 Å². The van der Waals surface area contributed by atoms with Crippen LogP contribution in [-0.4, -0.2) is 27.9 Å². The minimum atomic E-state index is -1.15. The monoisotopic (exact) mass is 284 g/mol. The Balaban J connectivity index is 2.22. The average molecular weight is 284 g/mol. The number of benzene rings is 2. The van der Waals surface area contributed by atoms with Gasteiger partial charge in [-0.25, -0.2) is 9.59 Å². The lowest BCUT2D eigenvalue weighted by molar-refractivity contribution is 0.0684. The van der Waals surface area contributed by atoms with Crippen molar-refractivity contribution in [2.75, 3.05) is 0 Å². The Hall–Kier alpha value is -2.95. The minimum absolute atomic E-state index is 0.0180. The summed E-state index contributed by atoms with van der Waals surface area (Å²) in [6, 6.07) is 11.9. The van der Waals surface area contributed by atoms with Gasteiger partial charge in [0.15, 0.2) is 5.78 Å². The predicted octanol–water partition coefficient (Wildman–Crippen LogP) is 2.51. The lowest BCUT2D eigenvalue weighted by Crippen LogP contribution is -2.10. The zero-order valence-corrected chi connectivity index (χ0v) is 10.9. The summed E-state index contributed by atoms with van der Waals surface area (Å²) in [5.41, 5.74) is 0.874. The van der Waals surface area contributed by atoms with Gasteiger partial charge in [0.1, 0.15) is 0 Å². The van der Waals surface area contributed by atoms with E-state index in [9.17, 15) is 14.4 Å². The zero-order valence-electron chi connectivity index (χ0n) is 10.9. The number of hydrogen-bond donors (Lipinski definition) is 2. The number of hydrogen-bond acceptors (Lipinski definition) is 3. The molecule has 2 rings (SSSR count). The Labute approximate surface area is 120 Å². The number of Topliss-reactive ketones (excluding diaryl/α,β-unsaturated/α-hetero) is 1. The van der Waals surface area contributed by atoms with Gasteiger partial charge in [0.05, 0.1) is 11.1 Å². The molecule has 0 aliphatic heterocycles. The molecular formula is C16H12O5. The fraction of sp³-hybridized carbons (Fsp3) is 0.0625. The first-order chi connectivity index (χ1) is 9.99. The van der Waals surface area contributed by atoms with Gasteiger partial charge in [0.25, 0.3) is 0 Å². The van der Waals surface area contributed by atoms with Crippen molar-refractivity contribution in [2.24, 2.45) is 0 Å². The highest BCUT2D eigenvalue weighted by Crippen LogP contribution is 2.13. The zero-order chi connectivity index (χ0) is 15.4. The van der Waals surface area contributed by atoms with Crippen LogP contribution in [0.15, 0.2) is 48.5 Å². The van der Waals surface area contributed by atoms with Crippen molar-refractivity contribution in [3.8, 4) is 0 Å². The molecule has 0 radical (unpaired) electrons. The number of carbonyl (C=O) groups excluding carboxylic acids is 1. The Morgan fingerprint density at radius 1 is 0.762 bits per heavy atom. The van der Waals surface area contributed by atoms with E-state index >= 15 is 0 Å². The number of rotatable bonds is 5. The molecule has 0 fully saturated rings. The summed E-state index contributed by atoms with van der Waals surface area (Å²) in [4.78, 5) is 34.0. The standard InChI is InChI=1S/C16H12O5/c17-14(12-3-1-2-4-13(12)16(20)21)9-10-5-7-11(8-6-10)15(18)19/h1-8H,9H2,(H,18,19)(H,20,21). The average Bonchev–Trinajstić information content (AvgIpc) is 2.47. The molecule has 0 bridgehead atoms. The van der Waals surface area contributed by atoms with Gasteiger partial charge in [-0.3, -0.25) is 4.79 Å². The molecule has 0 aliphatic rings. The number of carbonyl (C=O) groups is 3. The van der Waals surface area contributed by atoms with E-state index in [-0.39, 0.29) is 28.9 Å². The summed E-state index contributed by atoms with van der Waals surface area (Å²) < 4.78 is 0. The van der Waals surface area contributed by atoms with Gasteiger partial charge in [-0.15, -0.1) is 0 Å². The molecular weight excluding hydrogens is 272 g/mol. The number of aromatic carboxylic acids is 2. The predicted molar refractivity (Wildman–Crippen MR) is 74.8 cm³/mol. The van der Waals surface area contributed by atoms with Gasteiger partial charge in [0.2, 0.25) is 0 Å².